The molecule has 1 saturated heterocycles. The minimum atomic E-state index is -3.46. The number of hydrogen-bond acceptors (Lipinski definition) is 5. The van der Waals surface area contributed by atoms with Gasteiger partial charge in [-0.25, -0.2) is 8.42 Å². The van der Waals surface area contributed by atoms with Crippen molar-refractivity contribution in [3.8, 4) is 11.3 Å². The van der Waals surface area contributed by atoms with Crippen molar-refractivity contribution < 1.29 is 8.42 Å². The molecule has 0 spiro atoms. The summed E-state index contributed by atoms with van der Waals surface area (Å²) < 4.78 is 29.5. The number of aromatic nitrogens is 3. The van der Waals surface area contributed by atoms with Gasteiger partial charge in [-0.05, 0) is 55.3 Å². The third-order valence-electron chi connectivity index (χ3n) is 5.47. The number of nitrogens with zero attached hydrogens (tertiary/aromatic N) is 5. The Balaban J connectivity index is 1.43. The number of pyridine rings is 1. The summed E-state index contributed by atoms with van der Waals surface area (Å²) in [6, 6.07) is 11.2. The van der Waals surface area contributed by atoms with Gasteiger partial charge in [-0.2, -0.15) is 9.40 Å². The Morgan fingerprint density at radius 3 is 2.31 bits per heavy atom. The highest BCUT2D eigenvalue weighted by molar-refractivity contribution is 7.89. The van der Waals surface area contributed by atoms with Gasteiger partial charge in [-0.3, -0.25) is 14.6 Å². The maximum atomic E-state index is 13.0. The molecule has 3 heterocycles. The lowest BCUT2D eigenvalue weighted by Gasteiger charge is -2.34. The molecule has 0 amide bonds. The molecule has 0 aliphatic carbocycles. The lowest BCUT2D eigenvalue weighted by atomic mass is 10.1. The van der Waals surface area contributed by atoms with Crippen LogP contribution in [0.5, 0.6) is 0 Å². The maximum absolute atomic E-state index is 13.0. The molecular weight excluding hydrogens is 386 g/mol. The van der Waals surface area contributed by atoms with Crippen LogP contribution in [-0.4, -0.2) is 58.6 Å². The van der Waals surface area contributed by atoms with Crippen LogP contribution >= 0.6 is 0 Å². The van der Waals surface area contributed by atoms with Crippen LogP contribution in [-0.2, 0) is 16.7 Å². The average Bonchev–Trinajstić information content (AvgIpc) is 3.19. The fourth-order valence-electron chi connectivity index (χ4n) is 3.54. The second-order valence-corrected chi connectivity index (χ2v) is 9.30. The molecule has 0 N–H and O–H groups in total. The van der Waals surface area contributed by atoms with Gasteiger partial charge in [0, 0.05) is 50.3 Å². The highest BCUT2D eigenvalue weighted by atomic mass is 32.2. The Morgan fingerprint density at radius 2 is 1.62 bits per heavy atom. The predicted octanol–water partition coefficient (Wildman–Crippen LogP) is 2.53. The Hall–Kier alpha value is -2.55. The van der Waals surface area contributed by atoms with E-state index in [1.807, 2.05) is 42.8 Å². The van der Waals surface area contributed by atoms with Crippen LogP contribution in [0, 0.1) is 13.8 Å². The standard InChI is InChI=1S/C21H25N5O2S/c1-17-3-4-20(15-18(17)2)29(27,28)25-13-11-24(12-14-25)16-26-21(7-10-23-26)19-5-8-22-9-6-19/h3-10,15H,11-14,16H2,1-2H3. The van der Waals surface area contributed by atoms with Gasteiger partial charge in [0.25, 0.3) is 0 Å². The van der Waals surface area contributed by atoms with Crippen LogP contribution < -0.4 is 0 Å². The topological polar surface area (TPSA) is 71.3 Å². The van der Waals surface area contributed by atoms with Crippen molar-refractivity contribution >= 4 is 10.0 Å². The van der Waals surface area contributed by atoms with Crippen LogP contribution in [0.2, 0.25) is 0 Å². The van der Waals surface area contributed by atoms with E-state index in [0.29, 0.717) is 37.7 Å². The second kappa shape index (κ2) is 8.06. The zero-order chi connectivity index (χ0) is 20.4. The van der Waals surface area contributed by atoms with E-state index in [1.165, 1.54) is 0 Å². The smallest absolute Gasteiger partial charge is 0.243 e. The Bertz CT molecular complexity index is 1090. The molecule has 1 aliphatic rings. The zero-order valence-corrected chi connectivity index (χ0v) is 17.5. The van der Waals surface area contributed by atoms with Crippen molar-refractivity contribution in [1.29, 1.82) is 0 Å². The number of hydrogen-bond donors (Lipinski definition) is 0. The fraction of sp³-hybridized carbons (Fsp3) is 0.333. The van der Waals surface area contributed by atoms with E-state index in [2.05, 4.69) is 15.0 Å². The molecule has 7 nitrogen and oxygen atoms in total. The molecule has 0 unspecified atom stereocenters. The van der Waals surface area contributed by atoms with Crippen molar-refractivity contribution in [2.24, 2.45) is 0 Å². The first-order chi connectivity index (χ1) is 13.9. The van der Waals surface area contributed by atoms with E-state index in [-0.39, 0.29) is 0 Å². The minimum absolute atomic E-state index is 0.376. The van der Waals surface area contributed by atoms with Crippen LogP contribution in [0.1, 0.15) is 11.1 Å². The molecule has 0 atom stereocenters. The van der Waals surface area contributed by atoms with E-state index in [1.54, 1.807) is 35.0 Å². The third-order valence-corrected chi connectivity index (χ3v) is 7.37. The van der Waals surface area contributed by atoms with E-state index in [9.17, 15) is 8.42 Å². The summed E-state index contributed by atoms with van der Waals surface area (Å²) in [4.78, 5) is 6.67. The molecule has 1 fully saturated rings. The molecule has 2 aromatic heterocycles. The summed E-state index contributed by atoms with van der Waals surface area (Å²) in [5, 5.41) is 4.44. The number of benzene rings is 1. The average molecular weight is 412 g/mol. The van der Waals surface area contributed by atoms with Crippen molar-refractivity contribution in [2.75, 3.05) is 26.2 Å². The van der Waals surface area contributed by atoms with Gasteiger partial charge in [0.2, 0.25) is 10.0 Å². The number of piperazine rings is 1. The van der Waals surface area contributed by atoms with Crippen molar-refractivity contribution in [2.45, 2.75) is 25.4 Å². The molecule has 8 heteroatoms. The summed E-state index contributed by atoms with van der Waals surface area (Å²) in [7, 11) is -3.46. The molecule has 1 aliphatic heterocycles. The Morgan fingerprint density at radius 1 is 0.897 bits per heavy atom. The van der Waals surface area contributed by atoms with E-state index < -0.39 is 10.0 Å². The molecule has 29 heavy (non-hydrogen) atoms. The molecule has 0 saturated carbocycles. The third kappa shape index (κ3) is 4.10. The quantitative estimate of drug-likeness (QED) is 0.645. The van der Waals surface area contributed by atoms with Gasteiger partial charge < -0.3 is 0 Å². The van der Waals surface area contributed by atoms with Crippen molar-refractivity contribution in [3.63, 3.8) is 0 Å². The van der Waals surface area contributed by atoms with Gasteiger partial charge in [0.05, 0.1) is 17.3 Å². The van der Waals surface area contributed by atoms with Gasteiger partial charge in [0.15, 0.2) is 0 Å². The lowest BCUT2D eigenvalue weighted by molar-refractivity contribution is 0.146. The SMILES string of the molecule is Cc1ccc(S(=O)(=O)N2CCN(Cn3nccc3-c3ccncc3)CC2)cc1C. The highest BCUT2D eigenvalue weighted by Gasteiger charge is 2.29. The van der Waals surface area contributed by atoms with Crippen LogP contribution in [0.4, 0.5) is 0 Å². The largest absolute Gasteiger partial charge is 0.282 e. The summed E-state index contributed by atoms with van der Waals surface area (Å²) in [6.07, 6.45) is 5.32. The Kier molecular flexibility index (Phi) is 5.49. The lowest BCUT2D eigenvalue weighted by Crippen LogP contribution is -2.49. The van der Waals surface area contributed by atoms with E-state index in [4.69, 9.17) is 0 Å². The first kappa shape index (κ1) is 19.8. The Labute approximate surface area is 171 Å². The van der Waals surface area contributed by atoms with Crippen LogP contribution in [0.3, 0.4) is 0 Å². The second-order valence-electron chi connectivity index (χ2n) is 7.36. The zero-order valence-electron chi connectivity index (χ0n) is 16.7. The molecule has 152 valence electrons. The fourth-order valence-corrected chi connectivity index (χ4v) is 5.05. The van der Waals surface area contributed by atoms with Crippen molar-refractivity contribution in [1.82, 2.24) is 24.0 Å². The van der Waals surface area contributed by atoms with Gasteiger partial charge in [0.1, 0.15) is 0 Å². The number of rotatable bonds is 5. The van der Waals surface area contributed by atoms with Gasteiger partial charge in [-0.15, -0.1) is 0 Å². The van der Waals surface area contributed by atoms with Gasteiger partial charge >= 0.3 is 0 Å². The van der Waals surface area contributed by atoms with Crippen LogP contribution in [0.25, 0.3) is 11.3 Å². The number of aryl methyl sites for hydroxylation is 2. The summed E-state index contributed by atoms with van der Waals surface area (Å²) >= 11 is 0. The molecule has 1 aromatic carbocycles. The molecule has 0 bridgehead atoms. The molecule has 0 radical (unpaired) electrons. The molecule has 4 rings (SSSR count). The minimum Gasteiger partial charge on any atom is -0.282 e. The first-order valence-electron chi connectivity index (χ1n) is 9.67. The maximum Gasteiger partial charge on any atom is 0.243 e. The predicted molar refractivity (Wildman–Crippen MR) is 112 cm³/mol. The molecule has 3 aromatic rings. The summed E-state index contributed by atoms with van der Waals surface area (Å²) in [5.74, 6) is 0. The normalized spacial score (nSPS) is 16.2. The number of sulfonamides is 1. The van der Waals surface area contributed by atoms with Crippen molar-refractivity contribution in [3.05, 3.63) is 66.1 Å². The van der Waals surface area contributed by atoms with Gasteiger partial charge in [-0.1, -0.05) is 6.07 Å². The monoisotopic (exact) mass is 411 g/mol. The van der Waals surface area contributed by atoms with Crippen LogP contribution in [0.15, 0.2) is 59.9 Å². The molecular formula is C21H25N5O2S. The highest BCUT2D eigenvalue weighted by Crippen LogP contribution is 2.22. The van der Waals surface area contributed by atoms with E-state index >= 15 is 0 Å². The summed E-state index contributed by atoms with van der Waals surface area (Å²) in [5.41, 5.74) is 4.18. The van der Waals surface area contributed by atoms with E-state index in [0.717, 1.165) is 22.4 Å². The first-order valence-corrected chi connectivity index (χ1v) is 11.1. The summed E-state index contributed by atoms with van der Waals surface area (Å²) in [6.45, 7) is 6.83.